The SMILES string of the molecule is Cc1nc2cccnc2c(C)c1N(c1c(C)nc2cccnc2c1C)c1cc(N(c2c(C)nc3cccnc3c2C)c2c(C)nc3cccnc3c2C)c2ccc3c(N(c4c(C)nc5cccnc5c4C)c4c(C)nc5cccnc5c4C)cc(N(c4c(C)nc5cccnc5c4C)c4c(C)nc5cccnc5c4C)c4ccc1c2c43. The molecule has 116 heavy (non-hydrogen) atoms. The molecule has 20 rings (SSSR count). The first-order valence-corrected chi connectivity index (χ1v) is 39.0. The lowest BCUT2D eigenvalue weighted by molar-refractivity contribution is 1.10. The maximum absolute atomic E-state index is 5.53. The summed E-state index contributed by atoms with van der Waals surface area (Å²) >= 11 is 0. The molecule has 20 aromatic rings. The molecule has 0 radical (unpaired) electrons. The summed E-state index contributed by atoms with van der Waals surface area (Å²) in [6.45, 7) is 34.2. The molecule has 20 nitrogen and oxygen atoms in total. The van der Waals surface area contributed by atoms with Crippen LogP contribution in [-0.2, 0) is 0 Å². The Bertz CT molecular complexity index is 6410. The van der Waals surface area contributed by atoms with Gasteiger partial charge in [-0.05, 0) is 220 Å². The van der Waals surface area contributed by atoms with Crippen LogP contribution in [0.1, 0.15) is 90.1 Å². The van der Waals surface area contributed by atoms with Crippen LogP contribution in [0.4, 0.5) is 68.2 Å². The Balaban J connectivity index is 1.06. The standard InChI is InChI=1S/C96H78N20/c1-47-81-67(25-17-37-97-81)105-55(9)89(47)113(90-48(2)82-68(106-56(90)10)26-18-38-98-82)75-45-76(114(91-49(3)83-69(107-57(91)11)27-19-39-99-83)92-50(4)84-70(108-58(92)12)28-20-40-100-84)64-35-36-66-78(116(95-53(7)87-73(111-61(95)15)31-23-43-103-87)96-54(8)88-74(112-62(96)16)32-24-44-104-88)46-77(65-34-33-63(75)79(64)80(65)66)115(93-51(5)85-71(109-59(93)13)29-21-41-101-85)94-52(6)86-72(110-60(94)14)30-22-42-102-86/h17-46H,1-16H3. The fraction of sp³-hybridized carbons (Fsp3) is 0.167. The molecule has 0 amide bonds. The first kappa shape index (κ1) is 70.7. The largest absolute Gasteiger partial charge is 0.305 e. The van der Waals surface area contributed by atoms with Gasteiger partial charge in [-0.15, -0.1) is 0 Å². The number of nitrogens with zero attached hydrogens (tertiary/aromatic N) is 20. The first-order chi connectivity index (χ1) is 56.2. The van der Waals surface area contributed by atoms with Crippen LogP contribution >= 0.6 is 0 Å². The fourth-order valence-electron chi connectivity index (χ4n) is 18.9. The molecule has 0 aliphatic carbocycles. The Labute approximate surface area is 668 Å². The van der Waals surface area contributed by atoms with Gasteiger partial charge >= 0.3 is 0 Å². The van der Waals surface area contributed by atoms with E-state index >= 15 is 0 Å². The van der Waals surface area contributed by atoms with Crippen molar-refractivity contribution in [3.8, 4) is 0 Å². The van der Waals surface area contributed by atoms with Crippen LogP contribution in [0.25, 0.3) is 121 Å². The van der Waals surface area contributed by atoms with Crippen molar-refractivity contribution in [2.45, 2.75) is 111 Å². The predicted molar refractivity (Wildman–Crippen MR) is 469 cm³/mol. The topological polar surface area (TPSA) is 219 Å². The second-order valence-corrected chi connectivity index (χ2v) is 30.6. The molecule has 0 fully saturated rings. The maximum atomic E-state index is 5.53. The number of fused-ring (bicyclic) bond motifs is 8. The molecular formula is C96H78N20. The van der Waals surface area contributed by atoms with Gasteiger partial charge in [0, 0.05) is 126 Å². The highest BCUT2D eigenvalue weighted by molar-refractivity contribution is 6.34. The summed E-state index contributed by atoms with van der Waals surface area (Å²) in [5.74, 6) is 0. The highest BCUT2D eigenvalue weighted by atomic mass is 15.2. The molecular weight excluding hydrogens is 1430 g/mol. The van der Waals surface area contributed by atoms with Gasteiger partial charge in [0.05, 0.1) is 202 Å². The van der Waals surface area contributed by atoms with Gasteiger partial charge in [-0.25, -0.2) is 39.9 Å². The third-order valence-electron chi connectivity index (χ3n) is 23.6. The summed E-state index contributed by atoms with van der Waals surface area (Å²) in [5, 5.41) is 5.47. The van der Waals surface area contributed by atoms with E-state index in [-0.39, 0.29) is 0 Å². The third kappa shape index (κ3) is 10.5. The molecule has 0 aliphatic rings. The average molecular weight is 1510 g/mol. The maximum Gasteiger partial charge on any atom is 0.0936 e. The number of aryl methyl sites for hydroxylation is 16. The zero-order chi connectivity index (χ0) is 79.7. The third-order valence-corrected chi connectivity index (χ3v) is 23.6. The van der Waals surface area contributed by atoms with Crippen molar-refractivity contribution in [2.75, 3.05) is 19.6 Å². The Morgan fingerprint density at radius 2 is 0.319 bits per heavy atom. The smallest absolute Gasteiger partial charge is 0.0936 e. The van der Waals surface area contributed by atoms with Gasteiger partial charge in [0.1, 0.15) is 0 Å². The number of rotatable bonds is 12. The lowest BCUT2D eigenvalue weighted by atomic mass is 9.88. The molecule has 0 atom stereocenters. The zero-order valence-corrected chi connectivity index (χ0v) is 67.3. The molecule has 0 N–H and O–H groups in total. The van der Waals surface area contributed by atoms with Crippen molar-refractivity contribution >= 4 is 189 Å². The predicted octanol–water partition coefficient (Wildman–Crippen LogP) is 22.9. The Morgan fingerprint density at radius 3 is 0.457 bits per heavy atom. The molecule has 562 valence electrons. The minimum Gasteiger partial charge on any atom is -0.305 e. The molecule has 16 heterocycles. The van der Waals surface area contributed by atoms with Crippen LogP contribution in [-0.4, -0.2) is 79.7 Å². The lowest BCUT2D eigenvalue weighted by Crippen LogP contribution is -2.21. The zero-order valence-electron chi connectivity index (χ0n) is 67.3. The van der Waals surface area contributed by atoms with Crippen molar-refractivity contribution < 1.29 is 0 Å². The summed E-state index contributed by atoms with van der Waals surface area (Å²) in [4.78, 5) is 95.2. The lowest BCUT2D eigenvalue weighted by Gasteiger charge is -2.37. The summed E-state index contributed by atoms with van der Waals surface area (Å²) in [6, 6.07) is 46.0. The van der Waals surface area contributed by atoms with E-state index in [1.54, 1.807) is 0 Å². The molecule has 16 aromatic heterocycles. The van der Waals surface area contributed by atoms with Crippen molar-refractivity contribution in [3.63, 3.8) is 0 Å². The van der Waals surface area contributed by atoms with E-state index < -0.39 is 0 Å². The number of anilines is 12. The van der Waals surface area contributed by atoms with Crippen LogP contribution in [0.3, 0.4) is 0 Å². The molecule has 0 aliphatic heterocycles. The minimum absolute atomic E-state index is 0.761. The number of pyridine rings is 16. The van der Waals surface area contributed by atoms with Crippen molar-refractivity contribution in [1.82, 2.24) is 79.7 Å². The van der Waals surface area contributed by atoms with Gasteiger partial charge in [-0.1, -0.05) is 24.3 Å². The molecule has 0 bridgehead atoms. The second-order valence-electron chi connectivity index (χ2n) is 30.6. The van der Waals surface area contributed by atoms with Gasteiger partial charge < -0.3 is 19.6 Å². The molecule has 0 spiro atoms. The molecule has 0 unspecified atom stereocenters. The van der Waals surface area contributed by atoms with Crippen molar-refractivity contribution in [1.29, 1.82) is 0 Å². The summed E-state index contributed by atoms with van der Waals surface area (Å²) in [5.41, 5.74) is 35.7. The highest BCUT2D eigenvalue weighted by Crippen LogP contribution is 2.59. The van der Waals surface area contributed by atoms with E-state index in [0.717, 1.165) is 279 Å². The number of benzene rings is 4. The van der Waals surface area contributed by atoms with Gasteiger partial charge in [0.15, 0.2) is 0 Å². The van der Waals surface area contributed by atoms with E-state index in [9.17, 15) is 0 Å². The van der Waals surface area contributed by atoms with Crippen molar-refractivity contribution in [3.05, 3.63) is 273 Å². The quantitative estimate of drug-likeness (QED) is 0.104. The molecule has 20 heteroatoms. The average Bonchev–Trinajstić information content (AvgIpc) is 0.689. The Morgan fingerprint density at radius 1 is 0.181 bits per heavy atom. The molecule has 0 saturated carbocycles. The Kier molecular flexibility index (Phi) is 16.2. The first-order valence-electron chi connectivity index (χ1n) is 39.0. The van der Waals surface area contributed by atoms with Crippen LogP contribution in [0.2, 0.25) is 0 Å². The minimum atomic E-state index is 0.761. The number of hydrogen-bond donors (Lipinski definition) is 0. The van der Waals surface area contributed by atoms with E-state index in [1.165, 1.54) is 0 Å². The van der Waals surface area contributed by atoms with Crippen LogP contribution in [0.15, 0.2) is 183 Å². The van der Waals surface area contributed by atoms with E-state index in [0.29, 0.717) is 0 Å². The van der Waals surface area contributed by atoms with E-state index in [1.807, 2.05) is 147 Å². The van der Waals surface area contributed by atoms with E-state index in [4.69, 9.17) is 79.7 Å². The highest BCUT2D eigenvalue weighted by Gasteiger charge is 2.37. The summed E-state index contributed by atoms with van der Waals surface area (Å²) in [7, 11) is 0. The van der Waals surface area contributed by atoms with Crippen molar-refractivity contribution in [2.24, 2.45) is 0 Å². The van der Waals surface area contributed by atoms with Crippen LogP contribution in [0, 0.1) is 111 Å². The van der Waals surface area contributed by atoms with Gasteiger partial charge in [-0.2, -0.15) is 0 Å². The summed E-state index contributed by atoms with van der Waals surface area (Å²) in [6.07, 6.45) is 14.8. The number of hydrogen-bond acceptors (Lipinski definition) is 20. The normalized spacial score (nSPS) is 12.0. The van der Waals surface area contributed by atoms with E-state index in [2.05, 4.69) is 167 Å². The van der Waals surface area contributed by atoms with Crippen LogP contribution < -0.4 is 19.6 Å². The number of aromatic nitrogens is 16. The van der Waals surface area contributed by atoms with Crippen LogP contribution in [0.5, 0.6) is 0 Å². The second kappa shape index (κ2) is 26.6. The monoisotopic (exact) mass is 1510 g/mol. The molecule has 4 aromatic carbocycles. The van der Waals surface area contributed by atoms with Gasteiger partial charge in [0.2, 0.25) is 0 Å². The van der Waals surface area contributed by atoms with Gasteiger partial charge in [-0.3, -0.25) is 39.9 Å². The molecule has 0 saturated heterocycles. The fourth-order valence-corrected chi connectivity index (χ4v) is 18.9. The Hall–Kier alpha value is -14.4. The summed E-state index contributed by atoms with van der Waals surface area (Å²) < 4.78 is 0. The van der Waals surface area contributed by atoms with Gasteiger partial charge in [0.25, 0.3) is 0 Å².